The fourth-order valence-electron chi connectivity index (χ4n) is 4.28. The summed E-state index contributed by atoms with van der Waals surface area (Å²) >= 11 is 1.67. The molecule has 0 amide bonds. The fraction of sp³-hybridized carbons (Fsp3) is 0.400. The number of aromatic nitrogens is 5. The number of pyridine rings is 2. The van der Waals surface area contributed by atoms with E-state index in [0.717, 1.165) is 32.1 Å². The molecule has 0 bridgehead atoms. The minimum absolute atomic E-state index is 0.00215. The molecule has 0 spiro atoms. The van der Waals surface area contributed by atoms with Gasteiger partial charge in [0, 0.05) is 29.0 Å². The zero-order chi connectivity index (χ0) is 25.7. The van der Waals surface area contributed by atoms with Crippen molar-refractivity contribution in [3.63, 3.8) is 0 Å². The maximum Gasteiger partial charge on any atom is 0.573 e. The molecule has 4 aromatic heterocycles. The van der Waals surface area contributed by atoms with Crippen molar-refractivity contribution in [1.82, 2.24) is 24.5 Å². The Balaban J connectivity index is 0.000000445. The van der Waals surface area contributed by atoms with E-state index in [1.54, 1.807) is 30.5 Å². The zero-order valence-electron chi connectivity index (χ0n) is 20.0. The maximum absolute atomic E-state index is 13.4. The van der Waals surface area contributed by atoms with E-state index in [1.165, 1.54) is 27.8 Å². The van der Waals surface area contributed by atoms with Gasteiger partial charge in [0.25, 0.3) is 5.56 Å². The number of fused-ring (bicyclic) bond motifs is 1. The summed E-state index contributed by atoms with van der Waals surface area (Å²) in [5.74, 6) is -0.326. The van der Waals surface area contributed by atoms with Gasteiger partial charge in [0.05, 0.1) is 17.7 Å². The van der Waals surface area contributed by atoms with Crippen molar-refractivity contribution in [3.05, 3.63) is 74.5 Å². The summed E-state index contributed by atoms with van der Waals surface area (Å²) < 4.78 is 43.9. The van der Waals surface area contributed by atoms with E-state index >= 15 is 0 Å². The average Bonchev–Trinajstić information content (AvgIpc) is 3.33. The van der Waals surface area contributed by atoms with Crippen LogP contribution in [-0.2, 0) is 6.54 Å². The van der Waals surface area contributed by atoms with Crippen LogP contribution in [0.3, 0.4) is 0 Å². The predicted molar refractivity (Wildman–Crippen MR) is 131 cm³/mol. The molecule has 1 fully saturated rings. The van der Waals surface area contributed by atoms with Crippen LogP contribution in [-0.4, -0.2) is 30.9 Å². The first-order valence-corrected chi connectivity index (χ1v) is 12.5. The van der Waals surface area contributed by atoms with E-state index in [9.17, 15) is 18.0 Å². The van der Waals surface area contributed by atoms with Gasteiger partial charge >= 0.3 is 6.36 Å². The lowest BCUT2D eigenvalue weighted by Crippen LogP contribution is -2.29. The molecule has 1 aliphatic carbocycles. The van der Waals surface area contributed by atoms with Gasteiger partial charge in [-0.25, -0.2) is 4.98 Å². The Morgan fingerprint density at radius 1 is 1.14 bits per heavy atom. The number of alkyl halides is 3. The van der Waals surface area contributed by atoms with E-state index in [1.807, 2.05) is 18.6 Å². The topological polar surface area (TPSA) is 82.8 Å². The molecule has 0 aliphatic heterocycles. The van der Waals surface area contributed by atoms with Crippen molar-refractivity contribution in [2.24, 2.45) is 0 Å². The van der Waals surface area contributed by atoms with E-state index in [0.29, 0.717) is 22.4 Å². The Bertz CT molecular complexity index is 1370. The summed E-state index contributed by atoms with van der Waals surface area (Å²) in [4.78, 5) is 31.4. The van der Waals surface area contributed by atoms with Crippen LogP contribution in [0.5, 0.6) is 5.75 Å². The Morgan fingerprint density at radius 3 is 2.56 bits per heavy atom. The number of halogens is 3. The number of nitrogens with zero attached hydrogens (tertiary/aromatic N) is 5. The smallest absolute Gasteiger partial charge is 0.404 e. The second-order valence-corrected chi connectivity index (χ2v) is 9.74. The Kier molecular flexibility index (Phi) is 7.97. The lowest BCUT2D eigenvalue weighted by Gasteiger charge is -2.23. The second kappa shape index (κ2) is 11.2. The molecule has 4 aromatic rings. The molecule has 0 saturated heterocycles. The molecular formula is C25H26F3N5O2S. The van der Waals surface area contributed by atoms with Crippen LogP contribution in [0.2, 0.25) is 0 Å². The third kappa shape index (κ3) is 6.45. The molecule has 36 heavy (non-hydrogen) atoms. The quantitative estimate of drug-likeness (QED) is 0.333. The molecule has 190 valence electrons. The lowest BCUT2D eigenvalue weighted by molar-refractivity contribution is -0.275. The molecule has 7 nitrogen and oxygen atoms in total. The molecular weight excluding hydrogens is 491 g/mol. The first kappa shape index (κ1) is 25.7. The predicted octanol–water partition coefficient (Wildman–Crippen LogP) is 5.94. The normalized spacial score (nSPS) is 14.4. The minimum Gasteiger partial charge on any atom is -0.404 e. The van der Waals surface area contributed by atoms with E-state index < -0.39 is 12.1 Å². The molecule has 1 saturated carbocycles. The van der Waals surface area contributed by atoms with Crippen molar-refractivity contribution < 1.29 is 17.9 Å². The van der Waals surface area contributed by atoms with Crippen LogP contribution in [0.1, 0.15) is 59.9 Å². The number of ether oxygens (including phenoxy) is 1. The summed E-state index contributed by atoms with van der Waals surface area (Å²) in [6.45, 7) is 3.59. The number of aryl methyl sites for hydroxylation is 2. The van der Waals surface area contributed by atoms with Crippen LogP contribution >= 0.6 is 11.3 Å². The summed E-state index contributed by atoms with van der Waals surface area (Å²) in [6, 6.07) is 4.32. The van der Waals surface area contributed by atoms with Gasteiger partial charge in [0.2, 0.25) is 0 Å². The standard InChI is InChI=1S/C21H21F3N4O2.C4H5NS/c1-13-11-26-16-10-15(14-6-3-2-4-7-14)20(29)28(19(16)27-13)12-17-18(8-5-9-25-17)30-21(22,23)24;1-4-2-5-3-6-4/h5,8-11,14H,2-4,6-7,12H2,1H3;2-3H,1H3. The highest BCUT2D eigenvalue weighted by atomic mass is 32.1. The molecule has 0 unspecified atom stereocenters. The van der Waals surface area contributed by atoms with Crippen molar-refractivity contribution in [3.8, 4) is 5.75 Å². The van der Waals surface area contributed by atoms with Crippen molar-refractivity contribution in [1.29, 1.82) is 0 Å². The zero-order valence-corrected chi connectivity index (χ0v) is 20.8. The molecule has 0 N–H and O–H groups in total. The Labute approximate surface area is 210 Å². The first-order chi connectivity index (χ1) is 17.2. The van der Waals surface area contributed by atoms with E-state index in [2.05, 4.69) is 24.7 Å². The van der Waals surface area contributed by atoms with Crippen LogP contribution in [0, 0.1) is 13.8 Å². The molecule has 0 radical (unpaired) electrons. The van der Waals surface area contributed by atoms with Gasteiger partial charge in [-0.3, -0.25) is 24.3 Å². The second-order valence-electron chi connectivity index (χ2n) is 8.65. The summed E-state index contributed by atoms with van der Waals surface area (Å²) in [5.41, 5.74) is 3.66. The van der Waals surface area contributed by atoms with Crippen molar-refractivity contribution in [2.75, 3.05) is 0 Å². The van der Waals surface area contributed by atoms with Gasteiger partial charge in [-0.15, -0.1) is 24.5 Å². The van der Waals surface area contributed by atoms with Gasteiger partial charge < -0.3 is 4.74 Å². The van der Waals surface area contributed by atoms with E-state index in [-0.39, 0.29) is 23.7 Å². The summed E-state index contributed by atoms with van der Waals surface area (Å²) in [6.07, 6.45) is 5.03. The minimum atomic E-state index is -4.86. The first-order valence-electron chi connectivity index (χ1n) is 11.6. The molecule has 11 heteroatoms. The van der Waals surface area contributed by atoms with Gasteiger partial charge in [0.1, 0.15) is 11.2 Å². The van der Waals surface area contributed by atoms with Gasteiger partial charge in [-0.1, -0.05) is 19.3 Å². The maximum atomic E-state index is 13.4. The van der Waals surface area contributed by atoms with Crippen LogP contribution in [0.25, 0.3) is 11.2 Å². The van der Waals surface area contributed by atoms with Crippen LogP contribution in [0.15, 0.2) is 47.1 Å². The lowest BCUT2D eigenvalue weighted by atomic mass is 9.84. The highest BCUT2D eigenvalue weighted by molar-refractivity contribution is 7.09. The van der Waals surface area contributed by atoms with Gasteiger partial charge in [-0.2, -0.15) is 0 Å². The molecule has 4 heterocycles. The molecule has 1 aliphatic rings. The molecule has 0 atom stereocenters. The van der Waals surface area contributed by atoms with Crippen LogP contribution < -0.4 is 10.3 Å². The van der Waals surface area contributed by atoms with Crippen molar-refractivity contribution in [2.45, 2.75) is 64.8 Å². The number of thiazole rings is 1. The molecule has 5 rings (SSSR count). The Morgan fingerprint density at radius 2 is 1.92 bits per heavy atom. The third-order valence-corrected chi connectivity index (χ3v) is 6.63. The van der Waals surface area contributed by atoms with Gasteiger partial charge in [0.15, 0.2) is 11.4 Å². The summed E-state index contributed by atoms with van der Waals surface area (Å²) in [5, 5.41) is 0. The number of hydrogen-bond donors (Lipinski definition) is 0. The average molecular weight is 518 g/mol. The SMILES string of the molecule is Cc1cnc2cc(C3CCCCC3)c(=O)n(Cc3ncccc3OC(F)(F)F)c2n1.Cc1cncs1. The number of rotatable bonds is 4. The largest absolute Gasteiger partial charge is 0.573 e. The van der Waals surface area contributed by atoms with Crippen molar-refractivity contribution >= 4 is 22.5 Å². The summed E-state index contributed by atoms with van der Waals surface area (Å²) in [7, 11) is 0. The van der Waals surface area contributed by atoms with E-state index in [4.69, 9.17) is 0 Å². The van der Waals surface area contributed by atoms with Gasteiger partial charge in [-0.05, 0) is 50.8 Å². The number of hydrogen-bond acceptors (Lipinski definition) is 7. The monoisotopic (exact) mass is 517 g/mol. The Hall–Kier alpha value is -3.34. The highest BCUT2D eigenvalue weighted by Crippen LogP contribution is 2.32. The molecule has 0 aromatic carbocycles. The fourth-order valence-corrected chi connectivity index (χ4v) is 4.69. The highest BCUT2D eigenvalue weighted by Gasteiger charge is 2.32. The third-order valence-electron chi connectivity index (χ3n) is 5.92. The van der Waals surface area contributed by atoms with Crippen LogP contribution in [0.4, 0.5) is 13.2 Å².